The first-order chi connectivity index (χ1) is 14.8. The van der Waals surface area contributed by atoms with Crippen LogP contribution in [0.2, 0.25) is 0 Å². The zero-order chi connectivity index (χ0) is 22.2. The number of hydrogen-bond acceptors (Lipinski definition) is 5. The molecule has 0 radical (unpaired) electrons. The van der Waals surface area contributed by atoms with E-state index in [1.54, 1.807) is 23.4 Å². The van der Waals surface area contributed by atoms with Crippen LogP contribution >= 0.6 is 0 Å². The Morgan fingerprint density at radius 2 is 1.84 bits per heavy atom. The normalized spacial score (nSPS) is 19.3. The Hall–Kier alpha value is -2.81. The molecule has 1 saturated heterocycles. The van der Waals surface area contributed by atoms with E-state index in [2.05, 4.69) is 4.98 Å². The Bertz CT molecular complexity index is 1210. The number of carbonyl (C=O) groups excluding carboxylic acids is 1. The molecule has 1 aliphatic rings. The van der Waals surface area contributed by atoms with Crippen LogP contribution in [-0.4, -0.2) is 72.7 Å². The molecule has 0 spiro atoms. The SMILES string of the molecule is CN(C)S(=O)(=O)C[C@@H]1CN(C(=O)c2cccc3c(-c4cccnc4)cccc23)C[C@@H]1O. The Kier molecular flexibility index (Phi) is 5.79. The van der Waals surface area contributed by atoms with Crippen LogP contribution in [0.4, 0.5) is 0 Å². The van der Waals surface area contributed by atoms with E-state index in [0.717, 1.165) is 26.2 Å². The minimum atomic E-state index is -3.47. The predicted octanol–water partition coefficient (Wildman–Crippen LogP) is 2.23. The molecule has 2 aromatic carbocycles. The van der Waals surface area contributed by atoms with E-state index >= 15 is 0 Å². The highest BCUT2D eigenvalue weighted by atomic mass is 32.2. The van der Waals surface area contributed by atoms with Crippen molar-refractivity contribution in [2.45, 2.75) is 6.10 Å². The predicted molar refractivity (Wildman–Crippen MR) is 120 cm³/mol. The average molecular weight is 440 g/mol. The topological polar surface area (TPSA) is 90.8 Å². The van der Waals surface area contributed by atoms with Crippen LogP contribution < -0.4 is 0 Å². The van der Waals surface area contributed by atoms with Gasteiger partial charge in [0.25, 0.3) is 5.91 Å². The molecule has 1 amide bonds. The number of carbonyl (C=O) groups is 1. The lowest BCUT2D eigenvalue weighted by molar-refractivity contribution is 0.0766. The minimum Gasteiger partial charge on any atom is -0.391 e. The third-order valence-electron chi connectivity index (χ3n) is 5.80. The van der Waals surface area contributed by atoms with Gasteiger partial charge in [-0.1, -0.05) is 36.4 Å². The van der Waals surface area contributed by atoms with E-state index in [9.17, 15) is 18.3 Å². The molecule has 2 heterocycles. The summed E-state index contributed by atoms with van der Waals surface area (Å²) in [7, 11) is -0.534. The van der Waals surface area contributed by atoms with Gasteiger partial charge in [0.15, 0.2) is 0 Å². The highest BCUT2D eigenvalue weighted by molar-refractivity contribution is 7.89. The number of amides is 1. The number of fused-ring (bicyclic) bond motifs is 1. The summed E-state index contributed by atoms with van der Waals surface area (Å²) in [6, 6.07) is 15.2. The van der Waals surface area contributed by atoms with Gasteiger partial charge in [-0.2, -0.15) is 0 Å². The first-order valence-corrected chi connectivity index (χ1v) is 11.7. The number of benzene rings is 2. The number of hydrogen-bond donors (Lipinski definition) is 1. The average Bonchev–Trinajstić information content (AvgIpc) is 3.12. The molecule has 1 fully saturated rings. The molecule has 8 heteroatoms. The van der Waals surface area contributed by atoms with Gasteiger partial charge in [-0.3, -0.25) is 9.78 Å². The molecule has 3 aromatic rings. The lowest BCUT2D eigenvalue weighted by Gasteiger charge is -2.19. The van der Waals surface area contributed by atoms with Gasteiger partial charge in [-0.25, -0.2) is 12.7 Å². The van der Waals surface area contributed by atoms with Crippen molar-refractivity contribution in [2.24, 2.45) is 5.92 Å². The monoisotopic (exact) mass is 439 g/mol. The van der Waals surface area contributed by atoms with Crippen LogP contribution in [0.3, 0.4) is 0 Å². The third kappa shape index (κ3) is 4.19. The standard InChI is InChI=1S/C23H25N3O4S/c1-25(2)31(29,30)15-17-13-26(14-22(17)27)23(28)21-10-4-8-19-18(7-3-9-20(19)21)16-6-5-11-24-12-16/h3-12,17,22,27H,13-15H2,1-2H3/t17-,22-/m0/s1. The maximum absolute atomic E-state index is 13.3. The van der Waals surface area contributed by atoms with Gasteiger partial charge in [0.2, 0.25) is 10.0 Å². The first-order valence-electron chi connectivity index (χ1n) is 10.1. The van der Waals surface area contributed by atoms with Crippen molar-refractivity contribution in [1.29, 1.82) is 0 Å². The number of likely N-dealkylation sites (tertiary alicyclic amines) is 1. The molecule has 7 nitrogen and oxygen atoms in total. The molecular formula is C23H25N3O4S. The Morgan fingerprint density at radius 3 is 2.55 bits per heavy atom. The Labute approximate surface area is 182 Å². The van der Waals surface area contributed by atoms with Crippen molar-refractivity contribution in [3.8, 4) is 11.1 Å². The van der Waals surface area contributed by atoms with Gasteiger partial charge in [-0.05, 0) is 28.5 Å². The summed E-state index contributed by atoms with van der Waals surface area (Å²) in [6.45, 7) is 0.316. The summed E-state index contributed by atoms with van der Waals surface area (Å²) < 4.78 is 25.6. The fraction of sp³-hybridized carbons (Fsp3) is 0.304. The highest BCUT2D eigenvalue weighted by Gasteiger charge is 2.37. The highest BCUT2D eigenvalue weighted by Crippen LogP contribution is 2.31. The lowest BCUT2D eigenvalue weighted by Crippen LogP contribution is -2.33. The zero-order valence-corrected chi connectivity index (χ0v) is 18.3. The molecule has 4 rings (SSSR count). The van der Waals surface area contributed by atoms with Crippen LogP contribution in [0.5, 0.6) is 0 Å². The van der Waals surface area contributed by atoms with Gasteiger partial charge in [0, 0.05) is 56.6 Å². The van der Waals surface area contributed by atoms with Crippen LogP contribution in [-0.2, 0) is 10.0 Å². The maximum Gasteiger partial charge on any atom is 0.254 e. The largest absolute Gasteiger partial charge is 0.391 e. The van der Waals surface area contributed by atoms with Crippen LogP contribution in [0.25, 0.3) is 21.9 Å². The zero-order valence-electron chi connectivity index (χ0n) is 17.5. The summed E-state index contributed by atoms with van der Waals surface area (Å²) in [5.74, 6) is -0.916. The van der Waals surface area contributed by atoms with Crippen molar-refractivity contribution in [3.05, 3.63) is 66.5 Å². The Balaban J connectivity index is 1.65. The van der Waals surface area contributed by atoms with Crippen molar-refractivity contribution < 1.29 is 18.3 Å². The second-order valence-corrected chi connectivity index (χ2v) is 10.3. The third-order valence-corrected chi connectivity index (χ3v) is 7.76. The molecule has 0 aliphatic carbocycles. The van der Waals surface area contributed by atoms with Gasteiger partial charge >= 0.3 is 0 Å². The van der Waals surface area contributed by atoms with Crippen LogP contribution in [0.1, 0.15) is 10.4 Å². The summed E-state index contributed by atoms with van der Waals surface area (Å²) in [5, 5.41) is 12.2. The second kappa shape index (κ2) is 8.37. The van der Waals surface area contributed by atoms with Gasteiger partial charge in [0.05, 0.1) is 11.9 Å². The molecular weight excluding hydrogens is 414 g/mol. The first kappa shape index (κ1) is 21.4. The molecule has 2 atom stereocenters. The second-order valence-electron chi connectivity index (χ2n) is 8.05. The fourth-order valence-electron chi connectivity index (χ4n) is 4.04. The molecule has 0 bridgehead atoms. The van der Waals surface area contributed by atoms with E-state index in [1.807, 2.05) is 42.5 Å². The number of aliphatic hydroxyl groups excluding tert-OH is 1. The fourth-order valence-corrected chi connectivity index (χ4v) is 5.21. The van der Waals surface area contributed by atoms with Crippen LogP contribution in [0.15, 0.2) is 60.9 Å². The smallest absolute Gasteiger partial charge is 0.254 e. The number of aliphatic hydroxyl groups is 1. The molecule has 162 valence electrons. The number of rotatable bonds is 5. The lowest BCUT2D eigenvalue weighted by atomic mass is 9.96. The minimum absolute atomic E-state index is 0.116. The Morgan fingerprint density at radius 1 is 1.10 bits per heavy atom. The molecule has 0 saturated carbocycles. The van der Waals surface area contributed by atoms with Crippen molar-refractivity contribution in [3.63, 3.8) is 0 Å². The maximum atomic E-state index is 13.3. The van der Waals surface area contributed by atoms with Crippen LogP contribution in [0, 0.1) is 5.92 Å². The van der Waals surface area contributed by atoms with Gasteiger partial charge in [0.1, 0.15) is 0 Å². The number of nitrogens with zero attached hydrogens (tertiary/aromatic N) is 3. The van der Waals surface area contributed by atoms with E-state index in [1.165, 1.54) is 14.1 Å². The van der Waals surface area contributed by atoms with E-state index < -0.39 is 22.0 Å². The summed E-state index contributed by atoms with van der Waals surface area (Å²) >= 11 is 0. The number of sulfonamides is 1. The number of aromatic nitrogens is 1. The summed E-state index contributed by atoms with van der Waals surface area (Å²) in [5.41, 5.74) is 2.48. The molecule has 1 aliphatic heterocycles. The number of β-amino-alcohol motifs (C(OH)–C–C–N with tert-alkyl or cyclic N) is 1. The molecule has 1 N–H and O–H groups in total. The van der Waals surface area contributed by atoms with E-state index in [0.29, 0.717) is 5.56 Å². The van der Waals surface area contributed by atoms with Gasteiger partial charge < -0.3 is 10.0 Å². The summed E-state index contributed by atoms with van der Waals surface area (Å²) in [6.07, 6.45) is 2.63. The molecule has 0 unspecified atom stereocenters. The van der Waals surface area contributed by atoms with Crippen molar-refractivity contribution >= 4 is 26.7 Å². The molecule has 31 heavy (non-hydrogen) atoms. The van der Waals surface area contributed by atoms with Crippen molar-refractivity contribution in [2.75, 3.05) is 32.9 Å². The van der Waals surface area contributed by atoms with E-state index in [-0.39, 0.29) is 24.7 Å². The summed E-state index contributed by atoms with van der Waals surface area (Å²) in [4.78, 5) is 19.1. The molecule has 1 aromatic heterocycles. The quantitative estimate of drug-likeness (QED) is 0.658. The van der Waals surface area contributed by atoms with Crippen molar-refractivity contribution in [1.82, 2.24) is 14.2 Å². The van der Waals surface area contributed by atoms with E-state index in [4.69, 9.17) is 0 Å². The van der Waals surface area contributed by atoms with Gasteiger partial charge in [-0.15, -0.1) is 0 Å². The number of pyridine rings is 1.